The van der Waals surface area contributed by atoms with Crippen LogP contribution in [0.15, 0.2) is 30.5 Å². The lowest BCUT2D eigenvalue weighted by Crippen LogP contribution is -2.19. The number of methoxy groups -OCH3 is 1. The van der Waals surface area contributed by atoms with Crippen LogP contribution >= 0.6 is 0 Å². The molecule has 0 bridgehead atoms. The predicted molar refractivity (Wildman–Crippen MR) is 136 cm³/mol. The molecule has 37 heavy (non-hydrogen) atoms. The summed E-state index contributed by atoms with van der Waals surface area (Å²) in [5.41, 5.74) is 7.82. The minimum Gasteiger partial charge on any atom is -0.494 e. The molecule has 0 unspecified atom stereocenters. The van der Waals surface area contributed by atoms with Gasteiger partial charge in [-0.05, 0) is 37.8 Å². The van der Waals surface area contributed by atoms with Crippen molar-refractivity contribution in [3.05, 3.63) is 41.7 Å². The number of carbonyl (C=O) groups excluding carboxylic acids is 2. The normalized spacial score (nSPS) is 15.6. The lowest BCUT2D eigenvalue weighted by Gasteiger charge is -2.21. The fourth-order valence-corrected chi connectivity index (χ4v) is 4.70. The van der Waals surface area contributed by atoms with E-state index in [1.807, 2.05) is 10.7 Å². The van der Waals surface area contributed by atoms with Gasteiger partial charge >= 0.3 is 0 Å². The molecule has 2 fully saturated rings. The van der Waals surface area contributed by atoms with E-state index in [1.165, 1.54) is 19.6 Å². The maximum absolute atomic E-state index is 12.2. The molecule has 190 valence electrons. The van der Waals surface area contributed by atoms with E-state index in [1.54, 1.807) is 18.3 Å². The third-order valence-electron chi connectivity index (χ3n) is 6.77. The molecule has 0 saturated heterocycles. The molecule has 1 aromatic carbocycles. The molecule has 2 heterocycles. The average molecular weight is 501 g/mol. The summed E-state index contributed by atoms with van der Waals surface area (Å²) in [6, 6.07) is 9.44. The number of primary amides is 1. The van der Waals surface area contributed by atoms with Crippen molar-refractivity contribution in [1.82, 2.24) is 20.0 Å². The van der Waals surface area contributed by atoms with Gasteiger partial charge in [-0.1, -0.05) is 25.3 Å². The van der Waals surface area contributed by atoms with Gasteiger partial charge in [-0.25, -0.2) is 0 Å². The molecule has 2 aliphatic rings. The highest BCUT2D eigenvalue weighted by molar-refractivity contribution is 5.99. The summed E-state index contributed by atoms with van der Waals surface area (Å²) in [7, 11) is 1.52. The van der Waals surface area contributed by atoms with Crippen LogP contribution in [0.4, 0.5) is 17.2 Å². The highest BCUT2D eigenvalue weighted by atomic mass is 16.5. The smallest absolute Gasteiger partial charge is 0.271 e. The Labute approximate surface area is 214 Å². The number of hydrogen-bond donors (Lipinski definition) is 3. The van der Waals surface area contributed by atoms with E-state index in [9.17, 15) is 14.9 Å². The van der Waals surface area contributed by atoms with Gasteiger partial charge in [-0.2, -0.15) is 10.4 Å². The van der Waals surface area contributed by atoms with Crippen molar-refractivity contribution in [3.8, 4) is 23.1 Å². The molecule has 0 spiro atoms. The zero-order chi connectivity index (χ0) is 25.9. The molecule has 2 saturated carbocycles. The summed E-state index contributed by atoms with van der Waals surface area (Å²) < 4.78 is 7.65. The van der Waals surface area contributed by atoms with Gasteiger partial charge in [0.15, 0.2) is 17.3 Å². The number of rotatable bonds is 8. The molecular weight excluding hydrogens is 472 g/mol. The van der Waals surface area contributed by atoms with Crippen LogP contribution in [0.5, 0.6) is 5.75 Å². The van der Waals surface area contributed by atoms with Gasteiger partial charge in [0.2, 0.25) is 5.91 Å². The Bertz CT molecular complexity index is 1380. The average Bonchev–Trinajstić information content (AvgIpc) is 3.68. The number of nitrogens with zero attached hydrogens (tertiary/aromatic N) is 5. The van der Waals surface area contributed by atoms with Gasteiger partial charge in [0, 0.05) is 23.7 Å². The number of benzene rings is 1. The van der Waals surface area contributed by atoms with E-state index in [0.29, 0.717) is 28.3 Å². The maximum atomic E-state index is 12.2. The summed E-state index contributed by atoms with van der Waals surface area (Å²) in [6.07, 6.45) is 9.08. The topological polar surface area (TPSA) is 161 Å². The van der Waals surface area contributed by atoms with Crippen molar-refractivity contribution in [2.75, 3.05) is 17.7 Å². The first-order valence-electron chi connectivity index (χ1n) is 12.4. The molecule has 11 heteroatoms. The molecule has 3 aromatic rings. The second kappa shape index (κ2) is 10.3. The van der Waals surface area contributed by atoms with Gasteiger partial charge in [-0.3, -0.25) is 14.3 Å². The summed E-state index contributed by atoms with van der Waals surface area (Å²) in [6.45, 7) is 0. The standard InChI is InChI=1S/C26H28N8O3/c1-37-24-18(22-16(13-27)14-34(33-22)17-6-3-2-4-7-17)8-5-9-19(24)29-20-12-21(30-26(36)15-10-11-15)31-32-23(20)25(28)35/h5,8-9,12,14-15,17H,2-4,6-7,10-11H2,1H3,(H2,28,35)(H2,29,30,31,36). The molecule has 2 amide bonds. The number of hydrogen-bond acceptors (Lipinski definition) is 8. The minimum absolute atomic E-state index is 0.0199. The van der Waals surface area contributed by atoms with Crippen LogP contribution in [0.3, 0.4) is 0 Å². The highest BCUT2D eigenvalue weighted by Crippen LogP contribution is 2.40. The largest absolute Gasteiger partial charge is 0.494 e. The van der Waals surface area contributed by atoms with Gasteiger partial charge in [0.1, 0.15) is 11.8 Å². The zero-order valence-corrected chi connectivity index (χ0v) is 20.5. The Morgan fingerprint density at radius 3 is 2.59 bits per heavy atom. The summed E-state index contributed by atoms with van der Waals surface area (Å²) in [5, 5.41) is 28.4. The quantitative estimate of drug-likeness (QED) is 0.419. The van der Waals surface area contributed by atoms with Crippen molar-refractivity contribution in [1.29, 1.82) is 5.26 Å². The monoisotopic (exact) mass is 500 g/mol. The van der Waals surface area contributed by atoms with Crippen molar-refractivity contribution in [2.24, 2.45) is 11.7 Å². The maximum Gasteiger partial charge on any atom is 0.271 e. The Hall–Kier alpha value is -4.46. The number of anilines is 3. The van der Waals surface area contributed by atoms with E-state index in [2.05, 4.69) is 26.9 Å². The highest BCUT2D eigenvalue weighted by Gasteiger charge is 2.30. The second-order valence-corrected chi connectivity index (χ2v) is 9.41. The Morgan fingerprint density at radius 2 is 1.92 bits per heavy atom. The van der Waals surface area contributed by atoms with E-state index in [0.717, 1.165) is 38.5 Å². The molecular formula is C26H28N8O3. The van der Waals surface area contributed by atoms with Gasteiger partial charge in [-0.15, -0.1) is 10.2 Å². The molecule has 0 aliphatic heterocycles. The second-order valence-electron chi connectivity index (χ2n) is 9.41. The number of nitrogens with two attached hydrogens (primary N) is 1. The molecule has 2 aromatic heterocycles. The van der Waals surface area contributed by atoms with E-state index >= 15 is 0 Å². The Balaban J connectivity index is 1.50. The van der Waals surface area contributed by atoms with Gasteiger partial charge in [0.25, 0.3) is 5.91 Å². The summed E-state index contributed by atoms with van der Waals surface area (Å²) in [4.78, 5) is 24.3. The molecule has 2 aliphatic carbocycles. The van der Waals surface area contributed by atoms with Crippen molar-refractivity contribution in [3.63, 3.8) is 0 Å². The van der Waals surface area contributed by atoms with Crippen LogP contribution in [0.2, 0.25) is 0 Å². The number of para-hydroxylation sites is 1. The Kier molecular flexibility index (Phi) is 6.72. The third-order valence-corrected chi connectivity index (χ3v) is 6.77. The molecule has 4 N–H and O–H groups in total. The van der Waals surface area contributed by atoms with Crippen LogP contribution in [0.1, 0.15) is 67.0 Å². The van der Waals surface area contributed by atoms with Crippen LogP contribution < -0.4 is 21.1 Å². The molecule has 11 nitrogen and oxygen atoms in total. The van der Waals surface area contributed by atoms with E-state index in [4.69, 9.17) is 15.6 Å². The number of amides is 2. The first-order chi connectivity index (χ1) is 18.0. The van der Waals surface area contributed by atoms with Crippen LogP contribution in [0.25, 0.3) is 11.3 Å². The molecule has 5 rings (SSSR count). The minimum atomic E-state index is -0.775. The summed E-state index contributed by atoms with van der Waals surface area (Å²) in [5.74, 6) is -0.290. The van der Waals surface area contributed by atoms with Crippen molar-refractivity contribution >= 4 is 29.0 Å². The van der Waals surface area contributed by atoms with Crippen LogP contribution in [0, 0.1) is 17.2 Å². The SMILES string of the molecule is COc1c(Nc2cc(NC(=O)C3CC3)nnc2C(N)=O)cccc1-c1nn(C2CCCCC2)cc1C#N. The Morgan fingerprint density at radius 1 is 1.14 bits per heavy atom. The lowest BCUT2D eigenvalue weighted by molar-refractivity contribution is -0.117. The zero-order valence-electron chi connectivity index (χ0n) is 20.5. The number of ether oxygens (including phenoxy) is 1. The summed E-state index contributed by atoms with van der Waals surface area (Å²) >= 11 is 0. The first kappa shape index (κ1) is 24.2. The van der Waals surface area contributed by atoms with Crippen molar-refractivity contribution < 1.29 is 14.3 Å². The number of nitrogens with one attached hydrogen (secondary N) is 2. The first-order valence-corrected chi connectivity index (χ1v) is 12.4. The van der Waals surface area contributed by atoms with Gasteiger partial charge in [0.05, 0.1) is 30.1 Å². The number of nitriles is 1. The number of carbonyl (C=O) groups is 2. The fraction of sp³-hybridized carbons (Fsp3) is 0.385. The third kappa shape index (κ3) is 5.09. The predicted octanol–water partition coefficient (Wildman–Crippen LogP) is 3.92. The van der Waals surface area contributed by atoms with Gasteiger partial charge < -0.3 is 21.1 Å². The lowest BCUT2D eigenvalue weighted by atomic mass is 9.96. The van der Waals surface area contributed by atoms with E-state index in [-0.39, 0.29) is 35.1 Å². The van der Waals surface area contributed by atoms with Crippen LogP contribution in [-0.4, -0.2) is 38.9 Å². The molecule has 0 atom stereocenters. The van der Waals surface area contributed by atoms with Crippen LogP contribution in [-0.2, 0) is 4.79 Å². The van der Waals surface area contributed by atoms with E-state index < -0.39 is 5.91 Å². The number of aromatic nitrogens is 4. The van der Waals surface area contributed by atoms with Crippen molar-refractivity contribution in [2.45, 2.75) is 51.0 Å². The fourth-order valence-electron chi connectivity index (χ4n) is 4.70. The molecule has 0 radical (unpaired) electrons.